The van der Waals surface area contributed by atoms with Crippen LogP contribution in [0.5, 0.6) is 0 Å². The summed E-state index contributed by atoms with van der Waals surface area (Å²) in [5.74, 6) is -1.03. The topological polar surface area (TPSA) is 70.5 Å². The number of carboxylic acid groups (broad SMARTS) is 1. The minimum atomic E-state index is -0.878. The van der Waals surface area contributed by atoms with Gasteiger partial charge in [0.05, 0.1) is 11.9 Å². The third kappa shape index (κ3) is 2.57. The lowest BCUT2D eigenvalue weighted by Gasteiger charge is -2.20. The fraction of sp³-hybridized carbons (Fsp3) is 0.500. The second-order valence-electron chi connectivity index (χ2n) is 3.75. The highest BCUT2D eigenvalue weighted by Gasteiger charge is 2.33. The maximum atomic E-state index is 12.0. The van der Waals surface area contributed by atoms with Crippen LogP contribution < -0.4 is 0 Å². The Hall–Kier alpha value is -1.43. The quantitative estimate of drug-likeness (QED) is 0.840. The summed E-state index contributed by atoms with van der Waals surface area (Å²) in [5.41, 5.74) is 2.03. The molecule has 16 heavy (non-hydrogen) atoms. The molecule has 0 saturated heterocycles. The summed E-state index contributed by atoms with van der Waals surface area (Å²) in [6, 6.07) is 0.216. The molecule has 0 atom stereocenters. The zero-order valence-electron chi connectivity index (χ0n) is 8.63. The van der Waals surface area contributed by atoms with Crippen molar-refractivity contribution in [1.82, 2.24) is 9.88 Å². The number of rotatable bonds is 5. The van der Waals surface area contributed by atoms with E-state index in [0.717, 1.165) is 12.8 Å². The average Bonchev–Trinajstić information content (AvgIpc) is 2.93. The predicted octanol–water partition coefficient (Wildman–Crippen LogP) is 1.22. The van der Waals surface area contributed by atoms with Crippen LogP contribution in [0.15, 0.2) is 10.9 Å². The molecule has 0 spiro atoms. The van der Waals surface area contributed by atoms with Crippen LogP contribution in [-0.4, -0.2) is 39.5 Å². The summed E-state index contributed by atoms with van der Waals surface area (Å²) >= 11 is 1.37. The van der Waals surface area contributed by atoms with Crippen molar-refractivity contribution in [2.75, 3.05) is 6.54 Å². The number of thiazole rings is 1. The summed E-state index contributed by atoms with van der Waals surface area (Å²) in [5, 5.41) is 10.3. The van der Waals surface area contributed by atoms with Gasteiger partial charge in [0.15, 0.2) is 0 Å². The van der Waals surface area contributed by atoms with Gasteiger partial charge in [-0.2, -0.15) is 0 Å². The van der Waals surface area contributed by atoms with Gasteiger partial charge in [-0.25, -0.2) is 4.98 Å². The number of hydrogen-bond donors (Lipinski definition) is 1. The Morgan fingerprint density at radius 3 is 2.81 bits per heavy atom. The van der Waals surface area contributed by atoms with Gasteiger partial charge in [0.25, 0.3) is 5.91 Å². The molecule has 0 unspecified atom stereocenters. The van der Waals surface area contributed by atoms with Gasteiger partial charge in [-0.05, 0) is 12.8 Å². The Bertz CT molecular complexity index is 387. The van der Waals surface area contributed by atoms with Crippen LogP contribution in [0.2, 0.25) is 0 Å². The van der Waals surface area contributed by atoms with Crippen molar-refractivity contribution >= 4 is 23.2 Å². The largest absolute Gasteiger partial charge is 0.481 e. The molecule has 6 heteroatoms. The molecule has 1 aromatic rings. The molecule has 1 fully saturated rings. The standard InChI is InChI=1S/C10H12N2O3S/c13-9(14)3-4-12(7-1-2-7)10(15)8-5-16-6-11-8/h5-7H,1-4H2,(H,13,14). The van der Waals surface area contributed by atoms with E-state index in [1.54, 1.807) is 15.8 Å². The molecule has 2 rings (SSSR count). The Labute approximate surface area is 96.7 Å². The van der Waals surface area contributed by atoms with Crippen molar-refractivity contribution in [3.05, 3.63) is 16.6 Å². The first-order chi connectivity index (χ1) is 7.68. The van der Waals surface area contributed by atoms with Crippen molar-refractivity contribution in [3.63, 3.8) is 0 Å². The highest BCUT2D eigenvalue weighted by Crippen LogP contribution is 2.28. The molecule has 1 saturated carbocycles. The summed E-state index contributed by atoms with van der Waals surface area (Å²) in [6.07, 6.45) is 1.93. The van der Waals surface area contributed by atoms with E-state index < -0.39 is 5.97 Å². The van der Waals surface area contributed by atoms with Crippen molar-refractivity contribution in [1.29, 1.82) is 0 Å². The summed E-state index contributed by atoms with van der Waals surface area (Å²) in [6.45, 7) is 0.274. The van der Waals surface area contributed by atoms with Gasteiger partial charge in [-0.3, -0.25) is 9.59 Å². The smallest absolute Gasteiger partial charge is 0.305 e. The van der Waals surface area contributed by atoms with E-state index >= 15 is 0 Å². The van der Waals surface area contributed by atoms with Gasteiger partial charge in [0, 0.05) is 18.0 Å². The first kappa shape index (κ1) is 11.1. The first-order valence-electron chi connectivity index (χ1n) is 5.09. The van der Waals surface area contributed by atoms with E-state index in [4.69, 9.17) is 5.11 Å². The average molecular weight is 240 g/mol. The first-order valence-corrected chi connectivity index (χ1v) is 6.03. The van der Waals surface area contributed by atoms with Crippen LogP contribution >= 0.6 is 11.3 Å². The minimum Gasteiger partial charge on any atom is -0.481 e. The predicted molar refractivity (Wildman–Crippen MR) is 58.4 cm³/mol. The highest BCUT2D eigenvalue weighted by molar-refractivity contribution is 7.07. The van der Waals surface area contributed by atoms with E-state index in [-0.39, 0.29) is 24.9 Å². The molecule has 0 bridgehead atoms. The molecule has 0 aromatic carbocycles. The lowest BCUT2D eigenvalue weighted by Crippen LogP contribution is -2.35. The van der Waals surface area contributed by atoms with E-state index in [9.17, 15) is 9.59 Å². The van der Waals surface area contributed by atoms with Gasteiger partial charge < -0.3 is 10.0 Å². The van der Waals surface area contributed by atoms with Crippen molar-refractivity contribution < 1.29 is 14.7 Å². The monoisotopic (exact) mass is 240 g/mol. The molecule has 0 aliphatic heterocycles. The molecule has 1 amide bonds. The number of nitrogens with zero attached hydrogens (tertiary/aromatic N) is 2. The number of carbonyl (C=O) groups excluding carboxylic acids is 1. The van der Waals surface area contributed by atoms with E-state index in [1.807, 2.05) is 0 Å². The van der Waals surface area contributed by atoms with Crippen LogP contribution in [0.4, 0.5) is 0 Å². The zero-order valence-corrected chi connectivity index (χ0v) is 9.44. The Morgan fingerprint density at radius 1 is 1.56 bits per heavy atom. The molecule has 5 nitrogen and oxygen atoms in total. The number of carboxylic acids is 1. The molecule has 86 valence electrons. The van der Waals surface area contributed by atoms with Gasteiger partial charge in [-0.15, -0.1) is 11.3 Å². The molecular formula is C10H12N2O3S. The van der Waals surface area contributed by atoms with Crippen LogP contribution in [0.3, 0.4) is 0 Å². The third-order valence-electron chi connectivity index (χ3n) is 2.47. The second-order valence-corrected chi connectivity index (χ2v) is 4.47. The van der Waals surface area contributed by atoms with Crippen molar-refractivity contribution in [3.8, 4) is 0 Å². The summed E-state index contributed by atoms with van der Waals surface area (Å²) in [4.78, 5) is 28.1. The van der Waals surface area contributed by atoms with Gasteiger partial charge in [0.2, 0.25) is 0 Å². The molecule has 1 aliphatic rings. The molecule has 1 N–H and O–H groups in total. The normalized spacial score (nSPS) is 14.8. The number of hydrogen-bond acceptors (Lipinski definition) is 4. The minimum absolute atomic E-state index is 0.00756. The fourth-order valence-electron chi connectivity index (χ4n) is 1.52. The fourth-order valence-corrected chi connectivity index (χ4v) is 2.04. The molecule has 0 radical (unpaired) electrons. The SMILES string of the molecule is O=C(O)CCN(C(=O)c1cscn1)C1CC1. The maximum absolute atomic E-state index is 12.0. The van der Waals surface area contributed by atoms with E-state index in [2.05, 4.69) is 4.98 Å². The molecule has 1 aliphatic carbocycles. The molecule has 1 aromatic heterocycles. The van der Waals surface area contributed by atoms with Gasteiger partial charge in [0.1, 0.15) is 5.69 Å². The van der Waals surface area contributed by atoms with Crippen molar-refractivity contribution in [2.24, 2.45) is 0 Å². The second kappa shape index (κ2) is 4.61. The molecular weight excluding hydrogens is 228 g/mol. The van der Waals surface area contributed by atoms with Crippen molar-refractivity contribution in [2.45, 2.75) is 25.3 Å². The van der Waals surface area contributed by atoms with Crippen LogP contribution in [0.1, 0.15) is 29.8 Å². The summed E-state index contributed by atoms with van der Waals surface area (Å²) in [7, 11) is 0. The lowest BCUT2D eigenvalue weighted by molar-refractivity contribution is -0.137. The van der Waals surface area contributed by atoms with Crippen LogP contribution in [0.25, 0.3) is 0 Å². The maximum Gasteiger partial charge on any atom is 0.305 e. The van der Waals surface area contributed by atoms with Crippen LogP contribution in [-0.2, 0) is 4.79 Å². The Kier molecular flexibility index (Phi) is 3.19. The van der Waals surface area contributed by atoms with E-state index in [1.165, 1.54) is 11.3 Å². The lowest BCUT2D eigenvalue weighted by atomic mass is 10.3. The van der Waals surface area contributed by atoms with Crippen LogP contribution in [0, 0.1) is 0 Å². The zero-order chi connectivity index (χ0) is 11.5. The number of carbonyl (C=O) groups is 2. The third-order valence-corrected chi connectivity index (χ3v) is 3.05. The molecule has 1 heterocycles. The van der Waals surface area contributed by atoms with Gasteiger partial charge >= 0.3 is 5.97 Å². The van der Waals surface area contributed by atoms with E-state index in [0.29, 0.717) is 5.69 Å². The number of aromatic nitrogens is 1. The Morgan fingerprint density at radius 2 is 2.31 bits per heavy atom. The number of aliphatic carboxylic acids is 1. The summed E-state index contributed by atoms with van der Waals surface area (Å²) < 4.78 is 0. The highest BCUT2D eigenvalue weighted by atomic mass is 32.1. The Balaban J connectivity index is 2.01. The number of amides is 1. The van der Waals surface area contributed by atoms with Gasteiger partial charge in [-0.1, -0.05) is 0 Å².